The van der Waals surface area contributed by atoms with Gasteiger partial charge in [-0.2, -0.15) is 0 Å². The van der Waals surface area contributed by atoms with Crippen LogP contribution in [0.1, 0.15) is 28.9 Å². The molecule has 0 aliphatic carbocycles. The first kappa shape index (κ1) is 15.9. The largest absolute Gasteiger partial charge is 0.496 e. The summed E-state index contributed by atoms with van der Waals surface area (Å²) in [5.74, 6) is -4.80. The number of rotatable bonds is 4. The van der Waals surface area contributed by atoms with E-state index in [2.05, 4.69) is 5.32 Å². The minimum atomic E-state index is -1.67. The van der Waals surface area contributed by atoms with E-state index in [-0.39, 0.29) is 0 Å². The number of hydrogen-bond acceptors (Lipinski definition) is 2. The number of nitrogens with one attached hydrogen (secondary N) is 1. The maximum Gasteiger partial charge on any atom is 0.254 e. The van der Waals surface area contributed by atoms with Crippen LogP contribution in [0.4, 0.5) is 13.2 Å². The molecule has 0 bridgehead atoms. The van der Waals surface area contributed by atoms with Crippen molar-refractivity contribution in [3.05, 3.63) is 65.0 Å². The monoisotopic (exact) mass is 309 g/mol. The number of hydrogen-bond donors (Lipinski definition) is 1. The molecule has 2 rings (SSSR count). The molecule has 0 aromatic heterocycles. The highest BCUT2D eigenvalue weighted by atomic mass is 19.2. The van der Waals surface area contributed by atoms with Crippen molar-refractivity contribution < 1.29 is 22.7 Å². The number of amides is 1. The Balaban J connectivity index is 2.24. The molecule has 0 fully saturated rings. The number of carbonyl (C=O) groups excluding carboxylic acids is 1. The van der Waals surface area contributed by atoms with E-state index >= 15 is 0 Å². The van der Waals surface area contributed by atoms with E-state index < -0.39 is 35.0 Å². The summed E-state index contributed by atoms with van der Waals surface area (Å²) in [4.78, 5) is 12.0. The van der Waals surface area contributed by atoms with Gasteiger partial charge in [-0.3, -0.25) is 4.79 Å². The summed E-state index contributed by atoms with van der Waals surface area (Å²) < 4.78 is 44.9. The Hall–Kier alpha value is -2.50. The predicted octanol–water partition coefficient (Wildman–Crippen LogP) is 3.60. The van der Waals surface area contributed by atoms with E-state index in [0.29, 0.717) is 17.4 Å². The van der Waals surface area contributed by atoms with E-state index in [0.717, 1.165) is 6.07 Å². The van der Waals surface area contributed by atoms with Gasteiger partial charge in [-0.05, 0) is 25.1 Å². The Labute approximate surface area is 125 Å². The van der Waals surface area contributed by atoms with Crippen LogP contribution in [0.5, 0.6) is 5.75 Å². The Morgan fingerprint density at radius 2 is 1.77 bits per heavy atom. The van der Waals surface area contributed by atoms with Gasteiger partial charge < -0.3 is 10.1 Å². The number of benzene rings is 2. The molecule has 1 amide bonds. The van der Waals surface area contributed by atoms with Crippen molar-refractivity contribution in [2.45, 2.75) is 13.0 Å². The first-order valence-corrected chi connectivity index (χ1v) is 6.53. The van der Waals surface area contributed by atoms with E-state index in [9.17, 15) is 18.0 Å². The zero-order chi connectivity index (χ0) is 16.3. The number of para-hydroxylation sites is 1. The van der Waals surface area contributed by atoms with Gasteiger partial charge in [0, 0.05) is 5.56 Å². The third-order valence-corrected chi connectivity index (χ3v) is 3.23. The molecule has 0 heterocycles. The summed E-state index contributed by atoms with van der Waals surface area (Å²) in [5, 5.41) is 2.53. The van der Waals surface area contributed by atoms with E-state index in [1.54, 1.807) is 31.2 Å². The second-order valence-electron chi connectivity index (χ2n) is 4.66. The summed E-state index contributed by atoms with van der Waals surface area (Å²) in [6.07, 6.45) is 0. The Morgan fingerprint density at radius 3 is 2.45 bits per heavy atom. The van der Waals surface area contributed by atoms with Crippen LogP contribution >= 0.6 is 0 Å². The highest BCUT2D eigenvalue weighted by molar-refractivity contribution is 5.94. The van der Waals surface area contributed by atoms with Crippen LogP contribution in [0.15, 0.2) is 36.4 Å². The number of carbonyl (C=O) groups is 1. The summed E-state index contributed by atoms with van der Waals surface area (Å²) in [7, 11) is 1.49. The Morgan fingerprint density at radius 1 is 1.09 bits per heavy atom. The molecule has 0 aliphatic rings. The molecule has 0 saturated heterocycles. The van der Waals surface area contributed by atoms with Crippen molar-refractivity contribution in [1.82, 2.24) is 5.32 Å². The van der Waals surface area contributed by atoms with E-state index in [1.165, 1.54) is 7.11 Å². The molecule has 1 atom stereocenters. The lowest BCUT2D eigenvalue weighted by Crippen LogP contribution is -2.28. The average Bonchev–Trinajstić information content (AvgIpc) is 2.52. The lowest BCUT2D eigenvalue weighted by atomic mass is 10.1. The normalized spacial score (nSPS) is 11.9. The lowest BCUT2D eigenvalue weighted by Gasteiger charge is -2.17. The Kier molecular flexibility index (Phi) is 4.70. The molecular weight excluding hydrogens is 295 g/mol. The van der Waals surface area contributed by atoms with Crippen LogP contribution in [0, 0.1) is 17.5 Å². The molecular formula is C16H14F3NO2. The molecule has 0 aliphatic heterocycles. The molecule has 6 heteroatoms. The van der Waals surface area contributed by atoms with Crippen LogP contribution in [0.3, 0.4) is 0 Å². The maximum absolute atomic E-state index is 13.6. The van der Waals surface area contributed by atoms with Gasteiger partial charge in [0.1, 0.15) is 5.75 Å². The van der Waals surface area contributed by atoms with Gasteiger partial charge in [0.15, 0.2) is 17.5 Å². The zero-order valence-electron chi connectivity index (χ0n) is 12.0. The van der Waals surface area contributed by atoms with Crippen molar-refractivity contribution in [3.8, 4) is 5.75 Å². The first-order chi connectivity index (χ1) is 10.5. The molecule has 2 aromatic rings. The summed E-state index contributed by atoms with van der Waals surface area (Å²) >= 11 is 0. The summed E-state index contributed by atoms with van der Waals surface area (Å²) in [6.45, 7) is 1.67. The third-order valence-electron chi connectivity index (χ3n) is 3.23. The molecule has 116 valence electrons. The summed E-state index contributed by atoms with van der Waals surface area (Å²) in [5.41, 5.74) is 0.127. The van der Waals surface area contributed by atoms with Gasteiger partial charge in [0.2, 0.25) is 0 Å². The first-order valence-electron chi connectivity index (χ1n) is 6.53. The van der Waals surface area contributed by atoms with E-state index in [1.807, 2.05) is 0 Å². The van der Waals surface area contributed by atoms with Crippen molar-refractivity contribution in [2.75, 3.05) is 7.11 Å². The van der Waals surface area contributed by atoms with Crippen LogP contribution in [-0.4, -0.2) is 13.0 Å². The molecule has 0 radical (unpaired) electrons. The molecule has 22 heavy (non-hydrogen) atoms. The van der Waals surface area contributed by atoms with Gasteiger partial charge >= 0.3 is 0 Å². The fourth-order valence-electron chi connectivity index (χ4n) is 2.08. The average molecular weight is 309 g/mol. The second-order valence-corrected chi connectivity index (χ2v) is 4.66. The number of halogens is 3. The fraction of sp³-hybridized carbons (Fsp3) is 0.188. The van der Waals surface area contributed by atoms with Crippen LogP contribution in [0.25, 0.3) is 0 Å². The van der Waals surface area contributed by atoms with Gasteiger partial charge in [0.05, 0.1) is 18.7 Å². The quantitative estimate of drug-likeness (QED) is 0.876. The lowest BCUT2D eigenvalue weighted by molar-refractivity contribution is 0.0934. The molecule has 2 aromatic carbocycles. The van der Waals surface area contributed by atoms with Crippen molar-refractivity contribution in [1.29, 1.82) is 0 Å². The SMILES string of the molecule is COc1ccccc1[C@H](C)NC(=O)c1ccc(F)c(F)c1F. The highest BCUT2D eigenvalue weighted by Crippen LogP contribution is 2.25. The van der Waals surface area contributed by atoms with Gasteiger partial charge in [0.25, 0.3) is 5.91 Å². The van der Waals surface area contributed by atoms with Crippen LogP contribution in [-0.2, 0) is 0 Å². The minimum absolute atomic E-state index is 0.504. The third kappa shape index (κ3) is 3.05. The maximum atomic E-state index is 13.6. The molecule has 0 unspecified atom stereocenters. The van der Waals surface area contributed by atoms with Crippen molar-refractivity contribution in [2.24, 2.45) is 0 Å². The predicted molar refractivity (Wildman–Crippen MR) is 75.2 cm³/mol. The standard InChI is InChI=1S/C16H14F3NO2/c1-9(10-5-3-4-6-13(10)22-2)20-16(21)11-7-8-12(17)15(19)14(11)18/h3-9H,1-2H3,(H,20,21)/t9-/m0/s1. The van der Waals surface area contributed by atoms with Crippen LogP contribution < -0.4 is 10.1 Å². The van der Waals surface area contributed by atoms with Crippen LogP contribution in [0.2, 0.25) is 0 Å². The van der Waals surface area contributed by atoms with Gasteiger partial charge in [-0.25, -0.2) is 13.2 Å². The van der Waals surface area contributed by atoms with Gasteiger partial charge in [-0.1, -0.05) is 18.2 Å². The van der Waals surface area contributed by atoms with Gasteiger partial charge in [-0.15, -0.1) is 0 Å². The van der Waals surface area contributed by atoms with E-state index in [4.69, 9.17) is 4.74 Å². The molecule has 1 N–H and O–H groups in total. The summed E-state index contributed by atoms with van der Waals surface area (Å²) in [6, 6.07) is 8.10. The molecule has 0 spiro atoms. The zero-order valence-corrected chi connectivity index (χ0v) is 12.0. The Bertz CT molecular complexity index is 704. The number of ether oxygens (including phenoxy) is 1. The molecule has 0 saturated carbocycles. The minimum Gasteiger partial charge on any atom is -0.496 e. The molecule has 3 nitrogen and oxygen atoms in total. The van der Waals surface area contributed by atoms with Crippen molar-refractivity contribution in [3.63, 3.8) is 0 Å². The topological polar surface area (TPSA) is 38.3 Å². The highest BCUT2D eigenvalue weighted by Gasteiger charge is 2.21. The van der Waals surface area contributed by atoms with Crippen molar-refractivity contribution >= 4 is 5.91 Å². The smallest absolute Gasteiger partial charge is 0.254 e. The fourth-order valence-corrected chi connectivity index (χ4v) is 2.08. The second kappa shape index (κ2) is 6.51. The number of methoxy groups -OCH3 is 1.